The molecule has 4 atom stereocenters. The molecule has 2 aromatic heterocycles. The Bertz CT molecular complexity index is 1030. The maximum Gasteiger partial charge on any atom is 0.229 e. The van der Waals surface area contributed by atoms with Crippen LogP contribution in [0.3, 0.4) is 0 Å². The Kier molecular flexibility index (Phi) is 4.72. The van der Waals surface area contributed by atoms with Crippen molar-refractivity contribution in [2.24, 2.45) is 36.1 Å². The fourth-order valence-electron chi connectivity index (χ4n) is 6.54. The third-order valence-corrected chi connectivity index (χ3v) is 8.55. The molecule has 2 saturated carbocycles. The quantitative estimate of drug-likeness (QED) is 0.733. The van der Waals surface area contributed by atoms with Gasteiger partial charge >= 0.3 is 0 Å². The highest BCUT2D eigenvalue weighted by Gasteiger charge is 2.58. The Morgan fingerprint density at radius 3 is 2.66 bits per heavy atom. The summed E-state index contributed by atoms with van der Waals surface area (Å²) < 4.78 is 1.80. The number of hydrogen-bond donors (Lipinski definition) is 1. The Hall–Kier alpha value is -2.54. The van der Waals surface area contributed by atoms with E-state index in [0.717, 1.165) is 67.1 Å². The molecule has 4 unspecified atom stereocenters. The number of aryl methyl sites for hydroxylation is 2. The van der Waals surface area contributed by atoms with Crippen molar-refractivity contribution >= 4 is 11.7 Å². The van der Waals surface area contributed by atoms with E-state index in [9.17, 15) is 4.79 Å². The molecule has 3 aliphatic carbocycles. The number of piperidine rings is 1. The molecule has 1 aliphatic heterocycles. The van der Waals surface area contributed by atoms with Crippen LogP contribution in [-0.2, 0) is 11.8 Å². The zero-order valence-electron chi connectivity index (χ0n) is 19.0. The van der Waals surface area contributed by atoms with Gasteiger partial charge < -0.3 is 10.2 Å². The van der Waals surface area contributed by atoms with Gasteiger partial charge in [-0.25, -0.2) is 0 Å². The second kappa shape index (κ2) is 7.51. The van der Waals surface area contributed by atoms with Crippen molar-refractivity contribution in [3.05, 3.63) is 36.0 Å². The van der Waals surface area contributed by atoms with Gasteiger partial charge in [0, 0.05) is 19.5 Å². The van der Waals surface area contributed by atoms with E-state index < -0.39 is 0 Å². The van der Waals surface area contributed by atoms with Crippen LogP contribution in [0.15, 0.2) is 30.5 Å². The van der Waals surface area contributed by atoms with E-state index in [1.165, 1.54) is 19.4 Å². The minimum absolute atomic E-state index is 0.107. The number of anilines is 1. The van der Waals surface area contributed by atoms with Gasteiger partial charge in [-0.05, 0) is 93.0 Å². The molecule has 7 heteroatoms. The number of nitrogens with zero attached hydrogens (tertiary/aromatic N) is 5. The van der Waals surface area contributed by atoms with Crippen molar-refractivity contribution in [2.45, 2.75) is 39.0 Å². The molecule has 2 aromatic rings. The van der Waals surface area contributed by atoms with Crippen LogP contribution in [0, 0.1) is 36.0 Å². The summed E-state index contributed by atoms with van der Waals surface area (Å²) in [5.74, 6) is 3.29. The summed E-state index contributed by atoms with van der Waals surface area (Å²) in [5.41, 5.74) is 2.99. The number of carbonyl (C=O) groups excluding carboxylic acids is 1. The lowest BCUT2D eigenvalue weighted by Crippen LogP contribution is -2.39. The Morgan fingerprint density at radius 2 is 2.03 bits per heavy atom. The van der Waals surface area contributed by atoms with E-state index in [1.807, 2.05) is 32.3 Å². The van der Waals surface area contributed by atoms with Crippen LogP contribution in [0.25, 0.3) is 11.4 Å². The number of carbonyl (C=O) groups is 1. The normalized spacial score (nSPS) is 30.2. The monoisotopic (exact) mass is 432 g/mol. The van der Waals surface area contributed by atoms with E-state index in [0.29, 0.717) is 5.82 Å². The highest BCUT2D eigenvalue weighted by Crippen LogP contribution is 2.59. The number of likely N-dealkylation sites (tertiary alicyclic amines) is 1. The zero-order chi connectivity index (χ0) is 21.9. The molecule has 1 amide bonds. The topological polar surface area (TPSA) is 75.9 Å². The van der Waals surface area contributed by atoms with E-state index in [-0.39, 0.29) is 17.2 Å². The first-order valence-electron chi connectivity index (χ1n) is 12.0. The van der Waals surface area contributed by atoms with E-state index >= 15 is 0 Å². The summed E-state index contributed by atoms with van der Waals surface area (Å²) >= 11 is 0. The molecule has 168 valence electrons. The van der Waals surface area contributed by atoms with Crippen LogP contribution in [-0.4, -0.2) is 50.4 Å². The smallest absolute Gasteiger partial charge is 0.229 e. The summed E-state index contributed by atoms with van der Waals surface area (Å²) in [6.07, 6.45) is 12.8. The van der Waals surface area contributed by atoms with Crippen molar-refractivity contribution in [1.82, 2.24) is 24.9 Å². The number of nitrogens with one attached hydrogen (secondary N) is 1. The molecule has 7 nitrogen and oxygen atoms in total. The molecule has 1 saturated heterocycles. The average Bonchev–Trinajstić information content (AvgIpc) is 3.09. The second-order valence-electron chi connectivity index (χ2n) is 10.6. The minimum Gasteiger partial charge on any atom is -0.309 e. The maximum absolute atomic E-state index is 12.9. The molecular formula is C25H32N6O. The third-order valence-electron chi connectivity index (χ3n) is 8.55. The van der Waals surface area contributed by atoms with E-state index in [4.69, 9.17) is 0 Å². The summed E-state index contributed by atoms with van der Waals surface area (Å²) in [5, 5.41) is 15.8. The van der Waals surface area contributed by atoms with Gasteiger partial charge in [0.2, 0.25) is 5.91 Å². The molecule has 32 heavy (non-hydrogen) atoms. The Balaban J connectivity index is 1.02. The van der Waals surface area contributed by atoms with Crippen LogP contribution in [0.4, 0.5) is 5.82 Å². The van der Waals surface area contributed by atoms with Crippen LogP contribution in [0.1, 0.15) is 37.7 Å². The molecule has 1 spiro atoms. The average molecular weight is 433 g/mol. The van der Waals surface area contributed by atoms with Crippen molar-refractivity contribution < 1.29 is 4.79 Å². The molecule has 0 aromatic carbocycles. The van der Waals surface area contributed by atoms with Crippen molar-refractivity contribution in [1.29, 1.82) is 0 Å². The predicted octanol–water partition coefficient (Wildman–Crippen LogP) is 3.44. The van der Waals surface area contributed by atoms with E-state index in [2.05, 4.69) is 37.7 Å². The SMILES string of the molecule is Cc1cnn(C)c1-c1ccc(NC(=O)C2CC23CCN(CC2CC4C=CC2C4)CC3)nn1. The fourth-order valence-corrected chi connectivity index (χ4v) is 6.54. The molecule has 6 rings (SSSR count). The van der Waals surface area contributed by atoms with Gasteiger partial charge in [-0.15, -0.1) is 10.2 Å². The van der Waals surface area contributed by atoms with E-state index in [1.54, 1.807) is 4.68 Å². The van der Waals surface area contributed by atoms with Crippen LogP contribution >= 0.6 is 0 Å². The van der Waals surface area contributed by atoms with Crippen molar-refractivity contribution in [2.75, 3.05) is 25.0 Å². The molecule has 2 bridgehead atoms. The number of fused-ring (bicyclic) bond motifs is 2. The second-order valence-corrected chi connectivity index (χ2v) is 10.6. The first kappa shape index (κ1) is 20.1. The van der Waals surface area contributed by atoms with Gasteiger partial charge in [-0.2, -0.15) is 5.10 Å². The highest BCUT2D eigenvalue weighted by molar-refractivity contribution is 5.94. The summed E-state index contributed by atoms with van der Waals surface area (Å²) in [6.45, 7) is 5.53. The van der Waals surface area contributed by atoms with Gasteiger partial charge in [0.1, 0.15) is 5.69 Å². The number of rotatable bonds is 5. The van der Waals surface area contributed by atoms with Crippen LogP contribution < -0.4 is 5.32 Å². The van der Waals surface area contributed by atoms with Crippen molar-refractivity contribution in [3.8, 4) is 11.4 Å². The molecule has 3 heterocycles. The molecular weight excluding hydrogens is 400 g/mol. The molecule has 0 radical (unpaired) electrons. The zero-order valence-corrected chi connectivity index (χ0v) is 19.0. The summed E-state index contributed by atoms with van der Waals surface area (Å²) in [7, 11) is 1.90. The molecule has 4 aliphatic rings. The first-order chi connectivity index (χ1) is 15.5. The van der Waals surface area contributed by atoms with Gasteiger partial charge in [-0.3, -0.25) is 9.48 Å². The summed E-state index contributed by atoms with van der Waals surface area (Å²) in [6, 6.07) is 3.74. The van der Waals surface area contributed by atoms with Gasteiger partial charge in [0.05, 0.1) is 11.9 Å². The Morgan fingerprint density at radius 1 is 1.19 bits per heavy atom. The molecule has 1 N–H and O–H groups in total. The maximum atomic E-state index is 12.9. The largest absolute Gasteiger partial charge is 0.309 e. The van der Waals surface area contributed by atoms with Crippen molar-refractivity contribution in [3.63, 3.8) is 0 Å². The van der Waals surface area contributed by atoms with Gasteiger partial charge in [-0.1, -0.05) is 12.2 Å². The van der Waals surface area contributed by atoms with Crippen LogP contribution in [0.2, 0.25) is 0 Å². The van der Waals surface area contributed by atoms with Gasteiger partial charge in [0.15, 0.2) is 5.82 Å². The number of amides is 1. The standard InChI is InChI=1S/C25H32N6O/c1-16-14-26-30(2)23(16)21-5-6-22(29-28-21)27-24(32)20-13-25(20)7-9-31(10-8-25)15-19-12-17-3-4-18(19)11-17/h3-6,14,17-20H,7-13,15H2,1-2H3,(H,27,29,32). The fraction of sp³-hybridized carbons (Fsp3) is 0.600. The van der Waals surface area contributed by atoms with Crippen LogP contribution in [0.5, 0.6) is 0 Å². The lowest BCUT2D eigenvalue weighted by atomic mass is 9.88. The molecule has 3 fully saturated rings. The lowest BCUT2D eigenvalue weighted by molar-refractivity contribution is -0.118. The highest BCUT2D eigenvalue weighted by atomic mass is 16.2. The number of allylic oxidation sites excluding steroid dienone is 2. The Labute approximate surface area is 189 Å². The first-order valence-corrected chi connectivity index (χ1v) is 12.0. The summed E-state index contributed by atoms with van der Waals surface area (Å²) in [4.78, 5) is 15.6. The lowest BCUT2D eigenvalue weighted by Gasteiger charge is -2.35. The predicted molar refractivity (Wildman–Crippen MR) is 123 cm³/mol. The number of hydrogen-bond acceptors (Lipinski definition) is 5. The minimum atomic E-state index is 0.107. The number of aromatic nitrogens is 4. The van der Waals surface area contributed by atoms with Gasteiger partial charge in [0.25, 0.3) is 0 Å². The third kappa shape index (κ3) is 3.47.